The number of benzene rings is 1. The van der Waals surface area contributed by atoms with Crippen LogP contribution in [0.4, 0.5) is 0 Å². The minimum Gasteiger partial charge on any atom is -0.493 e. The SMILES string of the molecule is CCOc1cccc2c1ccn2CCCCNCCOC. The van der Waals surface area contributed by atoms with Gasteiger partial charge in [-0.1, -0.05) is 6.07 Å². The van der Waals surface area contributed by atoms with E-state index in [9.17, 15) is 0 Å². The third kappa shape index (κ3) is 4.48. The van der Waals surface area contributed by atoms with E-state index in [0.717, 1.165) is 32.0 Å². The predicted molar refractivity (Wildman–Crippen MR) is 87.1 cm³/mol. The highest BCUT2D eigenvalue weighted by Gasteiger charge is 2.05. The molecule has 2 rings (SSSR count). The number of ether oxygens (including phenoxy) is 2. The van der Waals surface area contributed by atoms with Gasteiger partial charge in [-0.2, -0.15) is 0 Å². The van der Waals surface area contributed by atoms with E-state index in [0.29, 0.717) is 6.61 Å². The summed E-state index contributed by atoms with van der Waals surface area (Å²) in [7, 11) is 1.73. The zero-order valence-electron chi connectivity index (χ0n) is 13.1. The van der Waals surface area contributed by atoms with E-state index >= 15 is 0 Å². The Morgan fingerprint density at radius 2 is 2.05 bits per heavy atom. The summed E-state index contributed by atoms with van der Waals surface area (Å²) in [5, 5.41) is 4.58. The number of nitrogens with zero attached hydrogens (tertiary/aromatic N) is 1. The molecule has 0 aliphatic rings. The molecule has 0 aliphatic heterocycles. The number of hydrogen-bond acceptors (Lipinski definition) is 3. The largest absolute Gasteiger partial charge is 0.493 e. The number of hydrogen-bond donors (Lipinski definition) is 1. The maximum absolute atomic E-state index is 5.68. The number of unbranched alkanes of at least 4 members (excludes halogenated alkanes) is 1. The molecule has 0 bridgehead atoms. The second-order valence-electron chi connectivity index (χ2n) is 5.08. The number of nitrogens with one attached hydrogen (secondary N) is 1. The van der Waals surface area contributed by atoms with Crippen molar-refractivity contribution in [3.63, 3.8) is 0 Å². The van der Waals surface area contributed by atoms with Crippen molar-refractivity contribution in [3.05, 3.63) is 30.5 Å². The number of aromatic nitrogens is 1. The van der Waals surface area contributed by atoms with Crippen LogP contribution in [0.2, 0.25) is 0 Å². The lowest BCUT2D eigenvalue weighted by atomic mass is 10.2. The Morgan fingerprint density at radius 1 is 1.14 bits per heavy atom. The van der Waals surface area contributed by atoms with Crippen molar-refractivity contribution in [2.45, 2.75) is 26.3 Å². The fraction of sp³-hybridized carbons (Fsp3) is 0.529. The maximum atomic E-state index is 5.68. The topological polar surface area (TPSA) is 35.4 Å². The lowest BCUT2D eigenvalue weighted by Crippen LogP contribution is -2.20. The Balaban J connectivity index is 1.84. The van der Waals surface area contributed by atoms with Gasteiger partial charge in [0, 0.05) is 31.8 Å². The minimum atomic E-state index is 0.706. The summed E-state index contributed by atoms with van der Waals surface area (Å²) in [5.41, 5.74) is 1.26. The molecule has 0 atom stereocenters. The van der Waals surface area contributed by atoms with E-state index in [2.05, 4.69) is 34.3 Å². The summed E-state index contributed by atoms with van der Waals surface area (Å²) in [6, 6.07) is 8.41. The van der Waals surface area contributed by atoms with E-state index in [-0.39, 0.29) is 0 Å². The Morgan fingerprint density at radius 3 is 2.86 bits per heavy atom. The zero-order valence-corrected chi connectivity index (χ0v) is 13.1. The molecule has 0 unspecified atom stereocenters. The van der Waals surface area contributed by atoms with Crippen molar-refractivity contribution in [3.8, 4) is 5.75 Å². The lowest BCUT2D eigenvalue weighted by molar-refractivity contribution is 0.199. The first-order chi connectivity index (χ1) is 10.4. The van der Waals surface area contributed by atoms with Crippen LogP contribution in [-0.2, 0) is 11.3 Å². The number of rotatable bonds is 10. The van der Waals surface area contributed by atoms with Gasteiger partial charge in [-0.3, -0.25) is 0 Å². The molecule has 1 N–H and O–H groups in total. The van der Waals surface area contributed by atoms with Gasteiger partial charge >= 0.3 is 0 Å². The van der Waals surface area contributed by atoms with Crippen molar-refractivity contribution in [1.82, 2.24) is 9.88 Å². The quantitative estimate of drug-likeness (QED) is 0.683. The monoisotopic (exact) mass is 290 g/mol. The molecule has 0 spiro atoms. The van der Waals surface area contributed by atoms with Gasteiger partial charge in [0.05, 0.1) is 18.7 Å². The summed E-state index contributed by atoms with van der Waals surface area (Å²) < 4.78 is 13.0. The average molecular weight is 290 g/mol. The van der Waals surface area contributed by atoms with Crippen LogP contribution < -0.4 is 10.1 Å². The summed E-state index contributed by atoms with van der Waals surface area (Å²) >= 11 is 0. The summed E-state index contributed by atoms with van der Waals surface area (Å²) in [6.45, 7) is 6.53. The zero-order chi connectivity index (χ0) is 14.9. The molecule has 21 heavy (non-hydrogen) atoms. The van der Waals surface area contributed by atoms with E-state index < -0.39 is 0 Å². The first-order valence-corrected chi connectivity index (χ1v) is 7.77. The normalized spacial score (nSPS) is 11.1. The Labute approximate surface area is 127 Å². The molecule has 0 saturated carbocycles. The fourth-order valence-corrected chi connectivity index (χ4v) is 2.50. The molecule has 0 amide bonds. The molecule has 1 aromatic carbocycles. The van der Waals surface area contributed by atoms with E-state index in [1.807, 2.05) is 13.0 Å². The van der Waals surface area contributed by atoms with Crippen molar-refractivity contribution in [1.29, 1.82) is 0 Å². The smallest absolute Gasteiger partial charge is 0.128 e. The first-order valence-electron chi connectivity index (χ1n) is 7.77. The van der Waals surface area contributed by atoms with Gasteiger partial charge in [-0.05, 0) is 44.5 Å². The standard InChI is InChI=1S/C17H26N2O2/c1-3-21-17-8-6-7-16-15(17)9-13-19(16)12-5-4-10-18-11-14-20-2/h6-9,13,18H,3-5,10-12,14H2,1-2H3. The third-order valence-corrected chi connectivity index (χ3v) is 3.56. The molecule has 0 radical (unpaired) electrons. The molecule has 1 aromatic heterocycles. The van der Waals surface area contributed by atoms with E-state index in [1.165, 1.54) is 23.7 Å². The molecule has 116 valence electrons. The molecule has 0 saturated heterocycles. The van der Waals surface area contributed by atoms with Gasteiger partial charge < -0.3 is 19.4 Å². The average Bonchev–Trinajstić information content (AvgIpc) is 2.91. The minimum absolute atomic E-state index is 0.706. The lowest BCUT2D eigenvalue weighted by Gasteiger charge is -2.08. The van der Waals surface area contributed by atoms with Crippen molar-refractivity contribution in [2.75, 3.05) is 33.4 Å². The third-order valence-electron chi connectivity index (χ3n) is 3.56. The van der Waals surface area contributed by atoms with Crippen LogP contribution in [-0.4, -0.2) is 38.0 Å². The second-order valence-corrected chi connectivity index (χ2v) is 5.08. The van der Waals surface area contributed by atoms with Gasteiger partial charge in [0.15, 0.2) is 0 Å². The number of fused-ring (bicyclic) bond motifs is 1. The van der Waals surface area contributed by atoms with Gasteiger partial charge in [-0.15, -0.1) is 0 Å². The fourth-order valence-electron chi connectivity index (χ4n) is 2.50. The van der Waals surface area contributed by atoms with Crippen LogP contribution in [0, 0.1) is 0 Å². The predicted octanol–water partition coefficient (Wildman–Crippen LogP) is 3.06. The van der Waals surface area contributed by atoms with E-state index in [1.54, 1.807) is 7.11 Å². The highest BCUT2D eigenvalue weighted by Crippen LogP contribution is 2.26. The van der Waals surface area contributed by atoms with Crippen molar-refractivity contribution < 1.29 is 9.47 Å². The molecule has 0 fully saturated rings. The first kappa shape index (κ1) is 15.9. The second kappa shape index (κ2) is 8.70. The van der Waals surface area contributed by atoms with Crippen LogP contribution in [0.5, 0.6) is 5.75 Å². The highest BCUT2D eigenvalue weighted by atomic mass is 16.5. The summed E-state index contributed by atoms with van der Waals surface area (Å²) in [5.74, 6) is 0.981. The van der Waals surface area contributed by atoms with Crippen molar-refractivity contribution in [2.24, 2.45) is 0 Å². The van der Waals surface area contributed by atoms with Crippen LogP contribution in [0.15, 0.2) is 30.5 Å². The summed E-state index contributed by atoms with van der Waals surface area (Å²) in [6.07, 6.45) is 4.50. The van der Waals surface area contributed by atoms with Gasteiger partial charge in [0.2, 0.25) is 0 Å². The molecule has 4 heteroatoms. The molecule has 4 nitrogen and oxygen atoms in total. The Kier molecular flexibility index (Phi) is 6.57. The summed E-state index contributed by atoms with van der Waals surface area (Å²) in [4.78, 5) is 0. The van der Waals surface area contributed by atoms with Crippen LogP contribution >= 0.6 is 0 Å². The number of aryl methyl sites for hydroxylation is 1. The Hall–Kier alpha value is -1.52. The van der Waals surface area contributed by atoms with Gasteiger partial charge in [0.25, 0.3) is 0 Å². The molecule has 2 aromatic rings. The molecule has 1 heterocycles. The van der Waals surface area contributed by atoms with Gasteiger partial charge in [0.1, 0.15) is 5.75 Å². The van der Waals surface area contributed by atoms with Gasteiger partial charge in [-0.25, -0.2) is 0 Å². The maximum Gasteiger partial charge on any atom is 0.128 e. The van der Waals surface area contributed by atoms with Crippen molar-refractivity contribution >= 4 is 10.9 Å². The number of methoxy groups -OCH3 is 1. The molecule has 0 aliphatic carbocycles. The van der Waals surface area contributed by atoms with E-state index in [4.69, 9.17) is 9.47 Å². The van der Waals surface area contributed by atoms with Crippen LogP contribution in [0.25, 0.3) is 10.9 Å². The highest BCUT2D eigenvalue weighted by molar-refractivity contribution is 5.86. The molecular formula is C17H26N2O2. The molecular weight excluding hydrogens is 264 g/mol. The van der Waals surface area contributed by atoms with Crippen LogP contribution in [0.3, 0.4) is 0 Å². The Bertz CT molecular complexity index is 537. The van der Waals surface area contributed by atoms with Crippen LogP contribution in [0.1, 0.15) is 19.8 Å².